The molecule has 118 valence electrons. The van der Waals surface area contributed by atoms with E-state index in [9.17, 15) is 4.79 Å². The summed E-state index contributed by atoms with van der Waals surface area (Å²) in [5.41, 5.74) is 6.51. The molecule has 0 radical (unpaired) electrons. The molecule has 0 saturated carbocycles. The van der Waals surface area contributed by atoms with E-state index < -0.39 is 0 Å². The van der Waals surface area contributed by atoms with Crippen molar-refractivity contribution in [3.63, 3.8) is 0 Å². The number of hydrogen-bond donors (Lipinski definition) is 1. The Morgan fingerprint density at radius 3 is 2.71 bits per heavy atom. The van der Waals surface area contributed by atoms with Crippen LogP contribution in [0.4, 0.5) is 0 Å². The quantitative estimate of drug-likeness (QED) is 0.843. The Morgan fingerprint density at radius 1 is 1.33 bits per heavy atom. The van der Waals surface area contributed by atoms with Crippen molar-refractivity contribution in [1.82, 2.24) is 4.90 Å². The van der Waals surface area contributed by atoms with Gasteiger partial charge in [-0.3, -0.25) is 4.79 Å². The molecule has 1 fully saturated rings. The van der Waals surface area contributed by atoms with E-state index in [1.54, 1.807) is 0 Å². The number of carbonyl (C=O) groups is 1. The van der Waals surface area contributed by atoms with Gasteiger partial charge in [0.1, 0.15) is 6.10 Å². The predicted octanol–water partition coefficient (Wildman–Crippen LogP) is 2.79. The van der Waals surface area contributed by atoms with Crippen LogP contribution >= 0.6 is 24.0 Å². The second kappa shape index (κ2) is 9.26. The highest BCUT2D eigenvalue weighted by Crippen LogP contribution is 2.24. The van der Waals surface area contributed by atoms with Crippen molar-refractivity contribution in [2.24, 2.45) is 5.73 Å². The normalized spacial score (nSPS) is 18.2. The van der Waals surface area contributed by atoms with E-state index in [1.807, 2.05) is 29.2 Å². The van der Waals surface area contributed by atoms with E-state index in [0.717, 1.165) is 18.4 Å². The molecule has 4 nitrogen and oxygen atoms in total. The van der Waals surface area contributed by atoms with Crippen molar-refractivity contribution in [1.29, 1.82) is 0 Å². The SMILES string of the molecule is Cl.NCCCCC(=O)N1CCOC(c2ccc(Cl)cc2)C1. The second-order valence-electron chi connectivity index (χ2n) is 5.00. The molecule has 0 spiro atoms. The first kappa shape index (κ1) is 18.2. The zero-order chi connectivity index (χ0) is 14.4. The number of nitrogens with two attached hydrogens (primary N) is 1. The van der Waals surface area contributed by atoms with Gasteiger partial charge >= 0.3 is 0 Å². The molecule has 1 aromatic rings. The van der Waals surface area contributed by atoms with Crippen LogP contribution in [-0.4, -0.2) is 37.0 Å². The maximum absolute atomic E-state index is 12.1. The lowest BCUT2D eigenvalue weighted by Crippen LogP contribution is -2.42. The molecule has 2 rings (SSSR count). The number of hydrogen-bond acceptors (Lipinski definition) is 3. The predicted molar refractivity (Wildman–Crippen MR) is 86.9 cm³/mol. The molecule has 1 unspecified atom stereocenters. The average Bonchev–Trinajstić information content (AvgIpc) is 2.48. The minimum Gasteiger partial charge on any atom is -0.370 e. The fraction of sp³-hybridized carbons (Fsp3) is 0.533. The summed E-state index contributed by atoms with van der Waals surface area (Å²) in [6.45, 7) is 2.51. The van der Waals surface area contributed by atoms with E-state index in [1.165, 1.54) is 0 Å². The lowest BCUT2D eigenvalue weighted by Gasteiger charge is -2.33. The van der Waals surface area contributed by atoms with Crippen LogP contribution in [0.3, 0.4) is 0 Å². The molecule has 1 aromatic carbocycles. The smallest absolute Gasteiger partial charge is 0.222 e. The average molecular weight is 333 g/mol. The van der Waals surface area contributed by atoms with Crippen LogP contribution in [0.5, 0.6) is 0 Å². The molecular formula is C15H22Cl2N2O2. The Hall–Kier alpha value is -0.810. The van der Waals surface area contributed by atoms with Gasteiger partial charge in [0.05, 0.1) is 13.2 Å². The molecule has 1 saturated heterocycles. The number of morpholine rings is 1. The second-order valence-corrected chi connectivity index (χ2v) is 5.43. The van der Waals surface area contributed by atoms with Crippen molar-refractivity contribution in [2.75, 3.05) is 26.2 Å². The Balaban J connectivity index is 0.00000220. The molecule has 1 aliphatic rings. The summed E-state index contributed by atoms with van der Waals surface area (Å²) in [5, 5.41) is 0.708. The van der Waals surface area contributed by atoms with Gasteiger partial charge in [-0.25, -0.2) is 0 Å². The van der Waals surface area contributed by atoms with Gasteiger partial charge in [-0.15, -0.1) is 12.4 Å². The van der Waals surface area contributed by atoms with E-state index in [0.29, 0.717) is 37.7 Å². The standard InChI is InChI=1S/C15H21ClN2O2.ClH/c16-13-6-4-12(5-7-13)14-11-18(9-10-20-14)15(19)3-1-2-8-17;/h4-7,14H,1-3,8-11,17H2;1H. The molecule has 1 amide bonds. The minimum atomic E-state index is -0.0560. The van der Waals surface area contributed by atoms with Gasteiger partial charge in [0, 0.05) is 18.0 Å². The topological polar surface area (TPSA) is 55.6 Å². The van der Waals surface area contributed by atoms with Gasteiger partial charge in [-0.1, -0.05) is 23.7 Å². The summed E-state index contributed by atoms with van der Waals surface area (Å²) in [4.78, 5) is 14.0. The Bertz CT molecular complexity index is 440. The van der Waals surface area contributed by atoms with E-state index in [-0.39, 0.29) is 24.4 Å². The molecule has 0 aliphatic carbocycles. The molecule has 2 N–H and O–H groups in total. The van der Waals surface area contributed by atoms with Gasteiger partial charge in [-0.2, -0.15) is 0 Å². The number of unbranched alkanes of at least 4 members (excludes halogenated alkanes) is 1. The van der Waals surface area contributed by atoms with Gasteiger partial charge < -0.3 is 15.4 Å². The summed E-state index contributed by atoms with van der Waals surface area (Å²) in [7, 11) is 0. The molecule has 6 heteroatoms. The van der Waals surface area contributed by atoms with Gasteiger partial charge in [0.2, 0.25) is 5.91 Å². The Kier molecular flexibility index (Phi) is 8.04. The fourth-order valence-corrected chi connectivity index (χ4v) is 2.46. The number of nitrogens with zero attached hydrogens (tertiary/aromatic N) is 1. The third-order valence-electron chi connectivity index (χ3n) is 3.51. The van der Waals surface area contributed by atoms with Gasteiger partial charge in [-0.05, 0) is 37.1 Å². The van der Waals surface area contributed by atoms with Crippen LogP contribution in [-0.2, 0) is 9.53 Å². The van der Waals surface area contributed by atoms with E-state index in [2.05, 4.69) is 0 Å². The fourth-order valence-electron chi connectivity index (χ4n) is 2.33. The lowest BCUT2D eigenvalue weighted by molar-refractivity contribution is -0.139. The summed E-state index contributed by atoms with van der Waals surface area (Å²) >= 11 is 5.89. The molecule has 1 heterocycles. The van der Waals surface area contributed by atoms with Crippen molar-refractivity contribution in [3.05, 3.63) is 34.9 Å². The van der Waals surface area contributed by atoms with E-state index in [4.69, 9.17) is 22.1 Å². The van der Waals surface area contributed by atoms with Crippen molar-refractivity contribution in [2.45, 2.75) is 25.4 Å². The molecule has 21 heavy (non-hydrogen) atoms. The summed E-state index contributed by atoms with van der Waals surface area (Å²) < 4.78 is 5.75. The highest BCUT2D eigenvalue weighted by Gasteiger charge is 2.24. The largest absolute Gasteiger partial charge is 0.370 e. The van der Waals surface area contributed by atoms with Crippen LogP contribution in [0.15, 0.2) is 24.3 Å². The zero-order valence-corrected chi connectivity index (χ0v) is 13.5. The number of amides is 1. The first-order chi connectivity index (χ1) is 9.70. The van der Waals surface area contributed by atoms with E-state index >= 15 is 0 Å². The van der Waals surface area contributed by atoms with Crippen molar-refractivity contribution >= 4 is 29.9 Å². The number of rotatable bonds is 5. The minimum absolute atomic E-state index is 0. The highest BCUT2D eigenvalue weighted by atomic mass is 35.5. The number of halogens is 2. The lowest BCUT2D eigenvalue weighted by atomic mass is 10.1. The summed E-state index contributed by atoms with van der Waals surface area (Å²) in [6.07, 6.45) is 2.28. The molecule has 1 atom stereocenters. The Labute approximate surface area is 137 Å². The van der Waals surface area contributed by atoms with Crippen LogP contribution in [0, 0.1) is 0 Å². The third kappa shape index (κ3) is 5.47. The zero-order valence-electron chi connectivity index (χ0n) is 12.0. The maximum atomic E-state index is 12.1. The number of carbonyl (C=O) groups excluding carboxylic acids is 1. The van der Waals surface area contributed by atoms with Crippen LogP contribution < -0.4 is 5.73 Å². The molecule has 1 aliphatic heterocycles. The van der Waals surface area contributed by atoms with Crippen molar-refractivity contribution in [3.8, 4) is 0 Å². The Morgan fingerprint density at radius 2 is 2.05 bits per heavy atom. The summed E-state index contributed by atoms with van der Waals surface area (Å²) in [6, 6.07) is 7.61. The van der Waals surface area contributed by atoms with Gasteiger partial charge in [0.15, 0.2) is 0 Å². The molecule has 0 bridgehead atoms. The van der Waals surface area contributed by atoms with Crippen LogP contribution in [0.25, 0.3) is 0 Å². The molecule has 0 aromatic heterocycles. The summed E-state index contributed by atoms with van der Waals surface area (Å²) in [5.74, 6) is 0.195. The molecular weight excluding hydrogens is 311 g/mol. The van der Waals surface area contributed by atoms with Gasteiger partial charge in [0.25, 0.3) is 0 Å². The first-order valence-electron chi connectivity index (χ1n) is 7.05. The van der Waals surface area contributed by atoms with Crippen molar-refractivity contribution < 1.29 is 9.53 Å². The maximum Gasteiger partial charge on any atom is 0.222 e. The monoisotopic (exact) mass is 332 g/mol. The number of ether oxygens (including phenoxy) is 1. The number of benzene rings is 1. The third-order valence-corrected chi connectivity index (χ3v) is 3.76. The van der Waals surface area contributed by atoms with Crippen LogP contribution in [0.2, 0.25) is 5.02 Å². The first-order valence-corrected chi connectivity index (χ1v) is 7.43. The van der Waals surface area contributed by atoms with Crippen LogP contribution in [0.1, 0.15) is 30.9 Å². The highest BCUT2D eigenvalue weighted by molar-refractivity contribution is 6.30.